The topological polar surface area (TPSA) is 46.5 Å². The van der Waals surface area contributed by atoms with Crippen molar-refractivity contribution in [2.45, 2.75) is 33.4 Å². The standard InChI is InChI=1S/C14H19FO3/c1-9(15)12-10(6-5-7-11(12)18-4)8-14(2,3)13(16)17/h5-7,9H,8H2,1-4H3,(H,16,17). The molecule has 0 fully saturated rings. The Morgan fingerprint density at radius 2 is 2.11 bits per heavy atom. The second kappa shape index (κ2) is 5.38. The number of hydrogen-bond acceptors (Lipinski definition) is 2. The van der Waals surface area contributed by atoms with Gasteiger partial charge in [0.25, 0.3) is 0 Å². The molecular formula is C14H19FO3. The molecule has 0 aliphatic rings. The van der Waals surface area contributed by atoms with Gasteiger partial charge >= 0.3 is 5.97 Å². The molecule has 0 radical (unpaired) electrons. The molecule has 0 amide bonds. The third kappa shape index (κ3) is 3.00. The zero-order valence-corrected chi connectivity index (χ0v) is 11.2. The number of ether oxygens (including phenoxy) is 1. The van der Waals surface area contributed by atoms with Crippen molar-refractivity contribution < 1.29 is 19.0 Å². The minimum Gasteiger partial charge on any atom is -0.496 e. The smallest absolute Gasteiger partial charge is 0.309 e. The van der Waals surface area contributed by atoms with Crippen LogP contribution in [0.2, 0.25) is 0 Å². The first-order valence-corrected chi connectivity index (χ1v) is 5.83. The van der Waals surface area contributed by atoms with Gasteiger partial charge in [-0.15, -0.1) is 0 Å². The number of carbonyl (C=O) groups is 1. The number of carboxylic acid groups (broad SMARTS) is 1. The molecule has 4 heteroatoms. The number of methoxy groups -OCH3 is 1. The van der Waals surface area contributed by atoms with E-state index in [-0.39, 0.29) is 6.42 Å². The quantitative estimate of drug-likeness (QED) is 0.876. The van der Waals surface area contributed by atoms with Gasteiger partial charge in [0.1, 0.15) is 11.9 Å². The van der Waals surface area contributed by atoms with E-state index in [2.05, 4.69) is 0 Å². The molecule has 1 N–H and O–H groups in total. The molecule has 18 heavy (non-hydrogen) atoms. The molecule has 0 heterocycles. The Kier molecular flexibility index (Phi) is 4.33. The van der Waals surface area contributed by atoms with E-state index in [0.717, 1.165) is 0 Å². The van der Waals surface area contributed by atoms with Gasteiger partial charge in [-0.05, 0) is 38.8 Å². The SMILES string of the molecule is COc1cccc(CC(C)(C)C(=O)O)c1C(C)F. The van der Waals surface area contributed by atoms with Crippen molar-refractivity contribution in [1.29, 1.82) is 0 Å². The molecule has 0 aliphatic heterocycles. The summed E-state index contributed by atoms with van der Waals surface area (Å²) in [6.45, 7) is 4.68. The predicted molar refractivity (Wildman–Crippen MR) is 67.6 cm³/mol. The van der Waals surface area contributed by atoms with Gasteiger partial charge in [0.05, 0.1) is 12.5 Å². The maximum Gasteiger partial charge on any atom is 0.309 e. The second-order valence-electron chi connectivity index (χ2n) is 5.01. The van der Waals surface area contributed by atoms with Gasteiger partial charge in [-0.25, -0.2) is 4.39 Å². The lowest BCUT2D eigenvalue weighted by molar-refractivity contribution is -0.146. The summed E-state index contributed by atoms with van der Waals surface area (Å²) in [5.41, 5.74) is 0.182. The van der Waals surface area contributed by atoms with Gasteiger partial charge in [-0.2, -0.15) is 0 Å². The van der Waals surface area contributed by atoms with Crippen molar-refractivity contribution in [3.05, 3.63) is 29.3 Å². The minimum atomic E-state index is -1.19. The number of carboxylic acids is 1. The predicted octanol–water partition coefficient (Wildman–Crippen LogP) is 3.38. The third-order valence-corrected chi connectivity index (χ3v) is 2.99. The van der Waals surface area contributed by atoms with Crippen molar-refractivity contribution in [2.24, 2.45) is 5.41 Å². The summed E-state index contributed by atoms with van der Waals surface area (Å²) in [5, 5.41) is 9.13. The van der Waals surface area contributed by atoms with E-state index in [0.29, 0.717) is 16.9 Å². The Morgan fingerprint density at radius 1 is 1.50 bits per heavy atom. The molecule has 1 rings (SSSR count). The van der Waals surface area contributed by atoms with Gasteiger partial charge < -0.3 is 9.84 Å². The lowest BCUT2D eigenvalue weighted by Crippen LogP contribution is -2.26. The fraction of sp³-hybridized carbons (Fsp3) is 0.500. The van der Waals surface area contributed by atoms with Crippen LogP contribution in [0.15, 0.2) is 18.2 Å². The van der Waals surface area contributed by atoms with Crippen molar-refractivity contribution in [1.82, 2.24) is 0 Å². The molecule has 0 aliphatic carbocycles. The Balaban J connectivity index is 3.21. The molecule has 3 nitrogen and oxygen atoms in total. The summed E-state index contributed by atoms with van der Waals surface area (Å²) in [5.74, 6) is -0.438. The monoisotopic (exact) mass is 254 g/mol. The highest BCUT2D eigenvalue weighted by Crippen LogP contribution is 2.34. The number of halogens is 1. The van der Waals surface area contributed by atoms with E-state index < -0.39 is 17.6 Å². The fourth-order valence-corrected chi connectivity index (χ4v) is 1.92. The molecule has 1 atom stereocenters. The van der Waals surface area contributed by atoms with Crippen LogP contribution in [0.25, 0.3) is 0 Å². The van der Waals surface area contributed by atoms with Crippen LogP contribution in [0.1, 0.15) is 38.1 Å². The Bertz CT molecular complexity index is 439. The Morgan fingerprint density at radius 3 is 2.56 bits per heavy atom. The molecule has 0 spiro atoms. The number of alkyl halides is 1. The van der Waals surface area contributed by atoms with Crippen LogP contribution >= 0.6 is 0 Å². The molecule has 1 aromatic rings. The van der Waals surface area contributed by atoms with E-state index in [1.54, 1.807) is 32.0 Å². The highest BCUT2D eigenvalue weighted by molar-refractivity contribution is 5.74. The number of rotatable bonds is 5. The van der Waals surface area contributed by atoms with Crippen LogP contribution < -0.4 is 4.74 Å². The lowest BCUT2D eigenvalue weighted by Gasteiger charge is -2.22. The van der Waals surface area contributed by atoms with Crippen molar-refractivity contribution in [3.63, 3.8) is 0 Å². The summed E-state index contributed by atoms with van der Waals surface area (Å²) >= 11 is 0. The van der Waals surface area contributed by atoms with Gasteiger partial charge in [0.15, 0.2) is 0 Å². The summed E-state index contributed by atoms with van der Waals surface area (Å²) in [6.07, 6.45) is -0.927. The number of benzene rings is 1. The molecule has 0 saturated carbocycles. The zero-order valence-electron chi connectivity index (χ0n) is 11.2. The molecule has 100 valence electrons. The van der Waals surface area contributed by atoms with Crippen LogP contribution in [-0.2, 0) is 11.2 Å². The largest absolute Gasteiger partial charge is 0.496 e. The average molecular weight is 254 g/mol. The van der Waals surface area contributed by atoms with Gasteiger partial charge in [-0.3, -0.25) is 4.79 Å². The Hall–Kier alpha value is -1.58. The first kappa shape index (κ1) is 14.5. The summed E-state index contributed by atoms with van der Waals surface area (Å²) in [7, 11) is 1.48. The van der Waals surface area contributed by atoms with E-state index in [1.807, 2.05) is 0 Å². The molecule has 0 saturated heterocycles. The molecular weight excluding hydrogens is 235 g/mol. The van der Waals surface area contributed by atoms with Crippen LogP contribution in [0.5, 0.6) is 5.75 Å². The molecule has 1 aromatic carbocycles. The molecule has 0 aromatic heterocycles. The Labute approximate surface area is 107 Å². The summed E-state index contributed by atoms with van der Waals surface area (Å²) in [4.78, 5) is 11.1. The van der Waals surface area contributed by atoms with Crippen molar-refractivity contribution >= 4 is 5.97 Å². The van der Waals surface area contributed by atoms with Crippen LogP contribution in [0.3, 0.4) is 0 Å². The van der Waals surface area contributed by atoms with E-state index in [4.69, 9.17) is 9.84 Å². The van der Waals surface area contributed by atoms with Crippen LogP contribution in [-0.4, -0.2) is 18.2 Å². The summed E-state index contributed by atoms with van der Waals surface area (Å²) in [6, 6.07) is 5.18. The van der Waals surface area contributed by atoms with Gasteiger partial charge in [0.2, 0.25) is 0 Å². The first-order valence-electron chi connectivity index (χ1n) is 5.83. The normalized spacial score (nSPS) is 13.2. The van der Waals surface area contributed by atoms with E-state index in [1.165, 1.54) is 14.0 Å². The molecule has 1 unspecified atom stereocenters. The highest BCUT2D eigenvalue weighted by Gasteiger charge is 2.29. The minimum absolute atomic E-state index is 0.267. The van der Waals surface area contributed by atoms with Crippen LogP contribution in [0.4, 0.5) is 4.39 Å². The second-order valence-corrected chi connectivity index (χ2v) is 5.01. The van der Waals surface area contributed by atoms with E-state index in [9.17, 15) is 9.18 Å². The fourth-order valence-electron chi connectivity index (χ4n) is 1.92. The van der Waals surface area contributed by atoms with E-state index >= 15 is 0 Å². The maximum atomic E-state index is 13.7. The average Bonchev–Trinajstić information content (AvgIpc) is 2.27. The first-order chi connectivity index (χ1) is 8.29. The molecule has 0 bridgehead atoms. The van der Waals surface area contributed by atoms with Crippen molar-refractivity contribution in [3.8, 4) is 5.75 Å². The van der Waals surface area contributed by atoms with Crippen LogP contribution in [0, 0.1) is 5.41 Å². The van der Waals surface area contributed by atoms with Gasteiger partial charge in [0, 0.05) is 5.56 Å². The lowest BCUT2D eigenvalue weighted by atomic mass is 9.83. The third-order valence-electron chi connectivity index (χ3n) is 2.99. The number of hydrogen-bond donors (Lipinski definition) is 1. The highest BCUT2D eigenvalue weighted by atomic mass is 19.1. The van der Waals surface area contributed by atoms with Crippen molar-refractivity contribution in [2.75, 3.05) is 7.11 Å². The maximum absolute atomic E-state index is 13.7. The summed E-state index contributed by atoms with van der Waals surface area (Å²) < 4.78 is 18.8. The number of aliphatic carboxylic acids is 1. The van der Waals surface area contributed by atoms with Gasteiger partial charge in [-0.1, -0.05) is 12.1 Å². The zero-order chi connectivity index (χ0) is 13.9.